The Morgan fingerprint density at radius 1 is 1.07 bits per heavy atom. The monoisotopic (exact) mass is 469 g/mol. The van der Waals surface area contributed by atoms with Gasteiger partial charge < -0.3 is 10.2 Å². The fourth-order valence-electron chi connectivity index (χ4n) is 3.32. The molecule has 0 unspecified atom stereocenters. The smallest absolute Gasteiger partial charge is 0.317 e. The van der Waals surface area contributed by atoms with Gasteiger partial charge in [-0.2, -0.15) is 4.31 Å². The van der Waals surface area contributed by atoms with Gasteiger partial charge in [-0.25, -0.2) is 13.2 Å². The molecule has 1 saturated heterocycles. The third kappa shape index (κ3) is 5.66. The SMILES string of the molecule is CN(Cc1ccc(Cl)cc1Cl)C(=O)NCc1ccc(S(=O)(=O)N2CCCCC2)cc1. The van der Waals surface area contributed by atoms with Crippen molar-refractivity contribution in [2.45, 2.75) is 37.2 Å². The zero-order valence-corrected chi connectivity index (χ0v) is 19.1. The summed E-state index contributed by atoms with van der Waals surface area (Å²) in [5.74, 6) is 0. The predicted octanol–water partition coefficient (Wildman–Crippen LogP) is 4.51. The van der Waals surface area contributed by atoms with E-state index in [9.17, 15) is 13.2 Å². The van der Waals surface area contributed by atoms with Crippen LogP contribution in [0.1, 0.15) is 30.4 Å². The van der Waals surface area contributed by atoms with Crippen molar-refractivity contribution >= 4 is 39.3 Å². The van der Waals surface area contributed by atoms with Crippen molar-refractivity contribution in [3.8, 4) is 0 Å². The number of urea groups is 1. The third-order valence-electron chi connectivity index (χ3n) is 5.09. The highest BCUT2D eigenvalue weighted by Gasteiger charge is 2.25. The minimum absolute atomic E-state index is 0.258. The number of amides is 2. The summed E-state index contributed by atoms with van der Waals surface area (Å²) in [7, 11) is -1.77. The van der Waals surface area contributed by atoms with Crippen LogP contribution in [0.3, 0.4) is 0 Å². The number of rotatable bonds is 6. The zero-order chi connectivity index (χ0) is 21.7. The molecule has 6 nitrogen and oxygen atoms in total. The molecule has 3 rings (SSSR count). The Hall–Kier alpha value is -1.80. The van der Waals surface area contributed by atoms with Gasteiger partial charge in [-0.15, -0.1) is 0 Å². The number of sulfonamides is 1. The van der Waals surface area contributed by atoms with Crippen LogP contribution < -0.4 is 5.32 Å². The lowest BCUT2D eigenvalue weighted by molar-refractivity contribution is 0.206. The fourth-order valence-corrected chi connectivity index (χ4v) is 5.31. The lowest BCUT2D eigenvalue weighted by atomic mass is 10.2. The van der Waals surface area contributed by atoms with Crippen LogP contribution in [0.4, 0.5) is 4.79 Å². The third-order valence-corrected chi connectivity index (χ3v) is 7.59. The minimum Gasteiger partial charge on any atom is -0.334 e. The molecular weight excluding hydrogens is 445 g/mol. The van der Waals surface area contributed by atoms with Crippen LogP contribution in [-0.2, 0) is 23.1 Å². The second-order valence-corrected chi connectivity index (χ2v) is 10.1. The maximum Gasteiger partial charge on any atom is 0.317 e. The lowest BCUT2D eigenvalue weighted by Gasteiger charge is -2.25. The van der Waals surface area contributed by atoms with Gasteiger partial charge in [0.15, 0.2) is 0 Å². The molecule has 2 amide bonds. The fraction of sp³-hybridized carbons (Fsp3) is 0.381. The number of hydrogen-bond acceptors (Lipinski definition) is 3. The maximum atomic E-state index is 12.7. The van der Waals surface area contributed by atoms with E-state index in [0.29, 0.717) is 36.2 Å². The zero-order valence-electron chi connectivity index (χ0n) is 16.8. The van der Waals surface area contributed by atoms with Crippen LogP contribution in [0.5, 0.6) is 0 Å². The average molecular weight is 470 g/mol. The van der Waals surface area contributed by atoms with Crippen molar-refractivity contribution < 1.29 is 13.2 Å². The molecule has 1 heterocycles. The maximum absolute atomic E-state index is 12.7. The molecule has 1 N–H and O–H groups in total. The van der Waals surface area contributed by atoms with E-state index >= 15 is 0 Å². The number of carbonyl (C=O) groups is 1. The number of nitrogens with zero attached hydrogens (tertiary/aromatic N) is 2. The normalized spacial score (nSPS) is 15.0. The molecule has 1 fully saturated rings. The first-order chi connectivity index (χ1) is 14.3. The van der Waals surface area contributed by atoms with E-state index in [0.717, 1.165) is 30.4 Å². The predicted molar refractivity (Wildman–Crippen MR) is 119 cm³/mol. The van der Waals surface area contributed by atoms with E-state index in [1.54, 1.807) is 53.8 Å². The summed E-state index contributed by atoms with van der Waals surface area (Å²) in [6.45, 7) is 1.78. The van der Waals surface area contributed by atoms with Crippen molar-refractivity contribution in [3.05, 3.63) is 63.6 Å². The Morgan fingerprint density at radius 2 is 1.73 bits per heavy atom. The lowest BCUT2D eigenvalue weighted by Crippen LogP contribution is -2.36. The molecule has 0 spiro atoms. The molecule has 1 aliphatic heterocycles. The summed E-state index contributed by atoms with van der Waals surface area (Å²) in [6, 6.07) is 11.6. The second kappa shape index (κ2) is 10.0. The molecule has 162 valence electrons. The summed E-state index contributed by atoms with van der Waals surface area (Å²) in [5, 5.41) is 3.88. The quantitative estimate of drug-likeness (QED) is 0.676. The van der Waals surface area contributed by atoms with Crippen LogP contribution >= 0.6 is 23.2 Å². The minimum atomic E-state index is -3.45. The molecular formula is C21H25Cl2N3O3S. The van der Waals surface area contributed by atoms with Gasteiger partial charge in [0.2, 0.25) is 10.0 Å². The molecule has 0 aliphatic carbocycles. The number of carbonyl (C=O) groups excluding carboxylic acids is 1. The topological polar surface area (TPSA) is 69.7 Å². The van der Waals surface area contributed by atoms with E-state index in [1.807, 2.05) is 0 Å². The Morgan fingerprint density at radius 3 is 2.37 bits per heavy atom. The van der Waals surface area contributed by atoms with Gasteiger partial charge in [0.05, 0.1) is 4.90 Å². The first-order valence-electron chi connectivity index (χ1n) is 9.79. The van der Waals surface area contributed by atoms with E-state index in [-0.39, 0.29) is 10.9 Å². The largest absolute Gasteiger partial charge is 0.334 e. The molecule has 9 heteroatoms. The van der Waals surface area contributed by atoms with Crippen molar-refractivity contribution in [1.82, 2.24) is 14.5 Å². The highest BCUT2D eigenvalue weighted by Crippen LogP contribution is 2.22. The van der Waals surface area contributed by atoms with Crippen LogP contribution in [0.25, 0.3) is 0 Å². The van der Waals surface area contributed by atoms with Crippen LogP contribution in [0.2, 0.25) is 10.0 Å². The van der Waals surface area contributed by atoms with Crippen LogP contribution in [0.15, 0.2) is 47.4 Å². The van der Waals surface area contributed by atoms with E-state index in [1.165, 1.54) is 4.90 Å². The van der Waals surface area contributed by atoms with Crippen LogP contribution in [0, 0.1) is 0 Å². The summed E-state index contributed by atoms with van der Waals surface area (Å²) < 4.78 is 27.0. The van der Waals surface area contributed by atoms with Gasteiger partial charge in [-0.05, 0) is 48.2 Å². The van der Waals surface area contributed by atoms with Gasteiger partial charge in [0, 0.05) is 43.3 Å². The standard InChI is InChI=1S/C21H25Cl2N3O3S/c1-25(15-17-7-8-18(22)13-20(17)23)21(27)24-14-16-5-9-19(10-6-16)30(28,29)26-11-3-2-4-12-26/h5-10,13H,2-4,11-12,14-15H2,1H3,(H,24,27). The number of nitrogens with one attached hydrogen (secondary N) is 1. The van der Waals surface area contributed by atoms with E-state index in [2.05, 4.69) is 5.32 Å². The molecule has 0 radical (unpaired) electrons. The van der Waals surface area contributed by atoms with Gasteiger partial charge in [0.25, 0.3) is 0 Å². The molecule has 0 aromatic heterocycles. The van der Waals surface area contributed by atoms with Gasteiger partial charge in [-0.1, -0.05) is 47.8 Å². The number of benzene rings is 2. The first-order valence-corrected chi connectivity index (χ1v) is 12.0. The van der Waals surface area contributed by atoms with Crippen molar-refractivity contribution in [3.63, 3.8) is 0 Å². The second-order valence-electron chi connectivity index (χ2n) is 7.36. The Kier molecular flexibility index (Phi) is 7.63. The molecule has 2 aromatic rings. The van der Waals surface area contributed by atoms with Crippen LogP contribution in [-0.4, -0.2) is 43.8 Å². The molecule has 0 saturated carbocycles. The average Bonchev–Trinajstić information content (AvgIpc) is 2.75. The van der Waals surface area contributed by atoms with Gasteiger partial charge in [-0.3, -0.25) is 0 Å². The molecule has 0 atom stereocenters. The summed E-state index contributed by atoms with van der Waals surface area (Å²) in [5.41, 5.74) is 1.62. The summed E-state index contributed by atoms with van der Waals surface area (Å²) >= 11 is 12.1. The van der Waals surface area contributed by atoms with Crippen molar-refractivity contribution in [1.29, 1.82) is 0 Å². The van der Waals surface area contributed by atoms with Gasteiger partial charge >= 0.3 is 6.03 Å². The van der Waals surface area contributed by atoms with E-state index in [4.69, 9.17) is 23.2 Å². The number of hydrogen-bond donors (Lipinski definition) is 1. The number of piperidine rings is 1. The molecule has 0 bridgehead atoms. The molecule has 2 aromatic carbocycles. The first kappa shape index (κ1) is 22.9. The summed E-state index contributed by atoms with van der Waals surface area (Å²) in [4.78, 5) is 14.2. The highest BCUT2D eigenvalue weighted by atomic mass is 35.5. The Bertz CT molecular complexity index is 991. The molecule has 30 heavy (non-hydrogen) atoms. The molecule has 1 aliphatic rings. The van der Waals surface area contributed by atoms with Gasteiger partial charge in [0.1, 0.15) is 0 Å². The Labute approximate surface area is 187 Å². The highest BCUT2D eigenvalue weighted by molar-refractivity contribution is 7.89. The summed E-state index contributed by atoms with van der Waals surface area (Å²) in [6.07, 6.45) is 2.87. The van der Waals surface area contributed by atoms with Crippen molar-refractivity contribution in [2.75, 3.05) is 20.1 Å². The number of halogens is 2. The Balaban J connectivity index is 1.55. The van der Waals surface area contributed by atoms with E-state index < -0.39 is 10.0 Å². The van der Waals surface area contributed by atoms with Crippen molar-refractivity contribution in [2.24, 2.45) is 0 Å².